The van der Waals surface area contributed by atoms with E-state index in [2.05, 4.69) is 0 Å². The monoisotopic (exact) mass is 297 g/mol. The lowest BCUT2D eigenvalue weighted by Gasteiger charge is -2.33. The molecule has 7 heteroatoms. The third kappa shape index (κ3) is 2.64. The molecule has 2 rings (SSSR count). The van der Waals surface area contributed by atoms with Crippen LogP contribution in [0.5, 0.6) is 0 Å². The number of hydrogen-bond acceptors (Lipinski definition) is 6. The lowest BCUT2D eigenvalue weighted by molar-refractivity contribution is 0.0386. The first-order valence-corrected chi connectivity index (χ1v) is 7.36. The van der Waals surface area contributed by atoms with E-state index in [0.717, 1.165) is 6.42 Å². The second-order valence-corrected chi connectivity index (χ2v) is 5.79. The Bertz CT molecular complexity index is 541. The molecule has 1 fully saturated rings. The van der Waals surface area contributed by atoms with Gasteiger partial charge < -0.3 is 21.1 Å². The van der Waals surface area contributed by atoms with E-state index in [1.54, 1.807) is 0 Å². The number of Topliss-reactive ketones (excluding diaryl/α,β-unsaturated/α-hetero) is 1. The highest BCUT2D eigenvalue weighted by Crippen LogP contribution is 2.39. The van der Waals surface area contributed by atoms with Crippen LogP contribution >= 0.6 is 11.3 Å². The molecule has 4 N–H and O–H groups in total. The molecule has 0 saturated carbocycles. The van der Waals surface area contributed by atoms with Gasteiger partial charge in [0.1, 0.15) is 5.00 Å². The summed E-state index contributed by atoms with van der Waals surface area (Å²) in [5, 5.41) is 0.682. The summed E-state index contributed by atoms with van der Waals surface area (Å²) in [5.74, 6) is -0.748. The summed E-state index contributed by atoms with van der Waals surface area (Å²) >= 11 is 1.24. The molecular formula is C13H19N3O3S. The molecule has 1 atom stereocenters. The molecule has 110 valence electrons. The molecule has 1 aromatic heterocycles. The number of ketones is 1. The number of rotatable bonds is 4. The van der Waals surface area contributed by atoms with Gasteiger partial charge in [0.2, 0.25) is 0 Å². The Balaban J connectivity index is 2.42. The molecule has 6 nitrogen and oxygen atoms in total. The van der Waals surface area contributed by atoms with Crippen LogP contribution in [0.2, 0.25) is 0 Å². The molecule has 1 aromatic rings. The molecular weight excluding hydrogens is 278 g/mol. The van der Waals surface area contributed by atoms with Gasteiger partial charge >= 0.3 is 0 Å². The van der Waals surface area contributed by atoms with Crippen LogP contribution in [0.25, 0.3) is 0 Å². The Hall–Kier alpha value is -1.60. The van der Waals surface area contributed by atoms with E-state index in [9.17, 15) is 9.59 Å². The first-order valence-electron chi connectivity index (χ1n) is 6.55. The lowest BCUT2D eigenvalue weighted by Crippen LogP contribution is -2.42. The van der Waals surface area contributed by atoms with E-state index in [-0.39, 0.29) is 23.1 Å². The van der Waals surface area contributed by atoms with Crippen molar-refractivity contribution >= 4 is 33.7 Å². The van der Waals surface area contributed by atoms with Gasteiger partial charge in [0.15, 0.2) is 5.78 Å². The van der Waals surface area contributed by atoms with E-state index in [4.69, 9.17) is 16.2 Å². The molecule has 1 aliphatic rings. The molecule has 20 heavy (non-hydrogen) atoms. The van der Waals surface area contributed by atoms with E-state index in [0.29, 0.717) is 29.6 Å². The van der Waals surface area contributed by atoms with Gasteiger partial charge in [0.25, 0.3) is 5.91 Å². The van der Waals surface area contributed by atoms with Gasteiger partial charge in [0.05, 0.1) is 28.8 Å². The fourth-order valence-corrected chi connectivity index (χ4v) is 3.46. The van der Waals surface area contributed by atoms with Crippen molar-refractivity contribution in [1.82, 2.24) is 0 Å². The number of thiophene rings is 1. The van der Waals surface area contributed by atoms with Crippen LogP contribution in [-0.2, 0) is 4.74 Å². The summed E-state index contributed by atoms with van der Waals surface area (Å²) in [6, 6.07) is 0. The predicted molar refractivity (Wildman–Crippen MR) is 79.5 cm³/mol. The lowest BCUT2D eigenvalue weighted by atomic mass is 10.1. The summed E-state index contributed by atoms with van der Waals surface area (Å²) in [5.41, 5.74) is 11.8. The molecule has 0 bridgehead atoms. The van der Waals surface area contributed by atoms with Gasteiger partial charge in [-0.05, 0) is 6.42 Å². The average molecular weight is 297 g/mol. The fourth-order valence-electron chi connectivity index (χ4n) is 2.30. The van der Waals surface area contributed by atoms with E-state index < -0.39 is 5.91 Å². The van der Waals surface area contributed by atoms with Crippen LogP contribution in [0.1, 0.15) is 40.3 Å². The maximum atomic E-state index is 11.7. The quantitative estimate of drug-likeness (QED) is 0.815. The van der Waals surface area contributed by atoms with Gasteiger partial charge in [-0.2, -0.15) is 0 Å². The number of hydrogen-bond donors (Lipinski definition) is 2. The topological polar surface area (TPSA) is 98.6 Å². The zero-order valence-corrected chi connectivity index (χ0v) is 12.5. The number of carbonyl (C=O) groups excluding carboxylic acids is 2. The summed E-state index contributed by atoms with van der Waals surface area (Å²) in [6.45, 7) is 5.41. The third-order valence-corrected chi connectivity index (χ3v) is 4.74. The average Bonchev–Trinajstić information content (AvgIpc) is 2.76. The Morgan fingerprint density at radius 3 is 2.75 bits per heavy atom. The highest BCUT2D eigenvalue weighted by Gasteiger charge is 2.28. The SMILES string of the molecule is CCC1CN(c2sc(C(C)=O)c(N)c2C(N)=O)CCO1. The van der Waals surface area contributed by atoms with Gasteiger partial charge in [-0.15, -0.1) is 11.3 Å². The highest BCUT2D eigenvalue weighted by atomic mass is 32.1. The molecule has 2 heterocycles. The standard InChI is InChI=1S/C13H19N3O3S/c1-3-8-6-16(4-5-19-8)13-9(12(15)18)10(14)11(20-13)7(2)17/h8H,3-6,14H2,1-2H3,(H2,15,18). The number of ether oxygens (including phenoxy) is 1. The summed E-state index contributed by atoms with van der Waals surface area (Å²) in [6.07, 6.45) is 1.01. The smallest absolute Gasteiger partial charge is 0.253 e. The minimum atomic E-state index is -0.596. The van der Waals surface area contributed by atoms with E-state index in [1.165, 1.54) is 18.3 Å². The number of anilines is 2. The number of nitrogens with zero attached hydrogens (tertiary/aromatic N) is 1. The van der Waals surface area contributed by atoms with Gasteiger partial charge in [-0.1, -0.05) is 6.92 Å². The molecule has 0 aliphatic carbocycles. The number of nitrogens with two attached hydrogens (primary N) is 2. The Kier molecular flexibility index (Phi) is 4.29. The van der Waals surface area contributed by atoms with Crippen molar-refractivity contribution in [2.45, 2.75) is 26.4 Å². The zero-order valence-electron chi connectivity index (χ0n) is 11.6. The predicted octanol–water partition coefficient (Wildman–Crippen LogP) is 1.25. The molecule has 1 amide bonds. The molecule has 0 radical (unpaired) electrons. The maximum Gasteiger partial charge on any atom is 0.253 e. The van der Waals surface area contributed by atoms with E-state index in [1.807, 2.05) is 11.8 Å². The van der Waals surface area contributed by atoms with Crippen molar-refractivity contribution < 1.29 is 14.3 Å². The number of primary amides is 1. The second kappa shape index (κ2) is 5.80. The minimum absolute atomic E-state index is 0.119. The van der Waals surface area contributed by atoms with Gasteiger partial charge in [-0.25, -0.2) is 0 Å². The number of morpholine rings is 1. The second-order valence-electron chi connectivity index (χ2n) is 4.79. The first-order chi connectivity index (χ1) is 9.45. The Labute approximate surface area is 121 Å². The van der Waals surface area contributed by atoms with Crippen LogP contribution in [0.15, 0.2) is 0 Å². The van der Waals surface area contributed by atoms with Crippen LogP contribution in [0, 0.1) is 0 Å². The normalized spacial score (nSPS) is 19.1. The van der Waals surface area contributed by atoms with Crippen molar-refractivity contribution in [3.05, 3.63) is 10.4 Å². The largest absolute Gasteiger partial charge is 0.397 e. The molecule has 0 aromatic carbocycles. The highest BCUT2D eigenvalue weighted by molar-refractivity contribution is 7.19. The van der Waals surface area contributed by atoms with Crippen molar-refractivity contribution in [3.63, 3.8) is 0 Å². The number of carbonyl (C=O) groups is 2. The Morgan fingerprint density at radius 1 is 1.50 bits per heavy atom. The number of amides is 1. The zero-order chi connectivity index (χ0) is 14.9. The molecule has 1 saturated heterocycles. The van der Waals surface area contributed by atoms with Gasteiger partial charge in [-0.3, -0.25) is 9.59 Å². The maximum absolute atomic E-state index is 11.7. The summed E-state index contributed by atoms with van der Waals surface area (Å²) in [4.78, 5) is 25.7. The van der Waals surface area contributed by atoms with Crippen LogP contribution in [0.3, 0.4) is 0 Å². The van der Waals surface area contributed by atoms with Crippen LogP contribution < -0.4 is 16.4 Å². The number of nitrogen functional groups attached to an aromatic ring is 1. The minimum Gasteiger partial charge on any atom is -0.397 e. The van der Waals surface area contributed by atoms with Crippen molar-refractivity contribution in [3.8, 4) is 0 Å². The van der Waals surface area contributed by atoms with Crippen molar-refractivity contribution in [2.24, 2.45) is 5.73 Å². The molecule has 1 unspecified atom stereocenters. The van der Waals surface area contributed by atoms with Crippen molar-refractivity contribution in [2.75, 3.05) is 30.3 Å². The summed E-state index contributed by atoms with van der Waals surface area (Å²) < 4.78 is 5.61. The molecule has 0 spiro atoms. The van der Waals surface area contributed by atoms with Crippen LogP contribution in [0.4, 0.5) is 10.7 Å². The van der Waals surface area contributed by atoms with Crippen LogP contribution in [-0.4, -0.2) is 37.5 Å². The van der Waals surface area contributed by atoms with E-state index >= 15 is 0 Å². The van der Waals surface area contributed by atoms with Gasteiger partial charge in [0, 0.05) is 20.0 Å². The molecule has 1 aliphatic heterocycles. The fraction of sp³-hybridized carbons (Fsp3) is 0.538. The Morgan fingerprint density at radius 2 is 2.20 bits per heavy atom. The first kappa shape index (κ1) is 14.8. The summed E-state index contributed by atoms with van der Waals surface area (Å²) in [7, 11) is 0. The third-order valence-electron chi connectivity index (χ3n) is 3.37. The van der Waals surface area contributed by atoms with Crippen molar-refractivity contribution in [1.29, 1.82) is 0 Å².